The van der Waals surface area contributed by atoms with Crippen LogP contribution in [0.15, 0.2) is 72.8 Å². The third kappa shape index (κ3) is 4.30. The van der Waals surface area contributed by atoms with Gasteiger partial charge in [0.2, 0.25) is 0 Å². The molecule has 0 atom stereocenters. The largest absolute Gasteiger partial charge is 0.346 e. The predicted molar refractivity (Wildman–Crippen MR) is 94.4 cm³/mol. The van der Waals surface area contributed by atoms with E-state index in [9.17, 15) is 0 Å². The first-order valence-electron chi connectivity index (χ1n) is 7.56. The van der Waals surface area contributed by atoms with Crippen LogP contribution in [0.25, 0.3) is 0 Å². The zero-order valence-electron chi connectivity index (χ0n) is 12.8. The third-order valence-electron chi connectivity index (χ3n) is 3.60. The number of aromatic nitrogens is 2. The lowest BCUT2D eigenvalue weighted by atomic mass is 10.1. The van der Waals surface area contributed by atoms with E-state index in [0.717, 1.165) is 24.6 Å². The Morgan fingerprint density at radius 2 is 1.26 bits per heavy atom. The minimum atomic E-state index is 0.380. The quantitative estimate of drug-likeness (QED) is 0.629. The molecule has 3 nitrogen and oxygen atoms in total. The van der Waals surface area contributed by atoms with Crippen LogP contribution in [0.2, 0.25) is 0 Å². The molecule has 1 aromatic heterocycles. The van der Waals surface area contributed by atoms with Crippen LogP contribution >= 0.6 is 11.6 Å². The summed E-state index contributed by atoms with van der Waals surface area (Å²) >= 11 is 5.80. The number of nitrogens with zero attached hydrogens (tertiary/aromatic N) is 3. The van der Waals surface area contributed by atoms with Gasteiger partial charge in [-0.05, 0) is 23.3 Å². The number of anilines is 1. The summed E-state index contributed by atoms with van der Waals surface area (Å²) in [5.74, 6) is 1.23. The fourth-order valence-electron chi connectivity index (χ4n) is 2.42. The molecule has 0 bridgehead atoms. The monoisotopic (exact) mass is 323 g/mol. The molecule has 0 saturated heterocycles. The Morgan fingerprint density at radius 1 is 0.696 bits per heavy atom. The second-order valence-electron chi connectivity index (χ2n) is 5.34. The maximum absolute atomic E-state index is 5.80. The van der Waals surface area contributed by atoms with Gasteiger partial charge in [0, 0.05) is 13.1 Å². The average Bonchev–Trinajstić information content (AvgIpc) is 2.63. The van der Waals surface area contributed by atoms with E-state index >= 15 is 0 Å². The topological polar surface area (TPSA) is 29.0 Å². The summed E-state index contributed by atoms with van der Waals surface area (Å²) in [4.78, 5) is 2.22. The SMILES string of the molecule is ClCc1ccc(N(Cc2ccccc2)Cc2ccccc2)nn1. The molecule has 0 aliphatic rings. The standard InChI is InChI=1S/C19H18ClN3/c20-13-18-11-12-19(22-21-18)23(14-16-7-3-1-4-8-16)15-17-9-5-2-6-10-17/h1-12H,13-15H2. The lowest BCUT2D eigenvalue weighted by molar-refractivity contribution is 0.765. The molecular formula is C19H18ClN3. The van der Waals surface area contributed by atoms with Crippen molar-refractivity contribution in [2.24, 2.45) is 0 Å². The summed E-state index contributed by atoms with van der Waals surface area (Å²) in [6.07, 6.45) is 0. The first-order valence-corrected chi connectivity index (χ1v) is 8.10. The van der Waals surface area contributed by atoms with Crippen LogP contribution in [-0.4, -0.2) is 10.2 Å². The molecule has 3 aromatic rings. The number of rotatable bonds is 6. The Morgan fingerprint density at radius 3 is 1.70 bits per heavy atom. The highest BCUT2D eigenvalue weighted by Gasteiger charge is 2.10. The lowest BCUT2D eigenvalue weighted by Crippen LogP contribution is -2.23. The Labute approximate surface area is 141 Å². The molecule has 0 unspecified atom stereocenters. The zero-order chi connectivity index (χ0) is 15.9. The van der Waals surface area contributed by atoms with Gasteiger partial charge in [0.25, 0.3) is 0 Å². The molecule has 0 spiro atoms. The van der Waals surface area contributed by atoms with E-state index in [0.29, 0.717) is 5.88 Å². The van der Waals surface area contributed by atoms with Gasteiger partial charge < -0.3 is 4.90 Å². The van der Waals surface area contributed by atoms with Crippen LogP contribution < -0.4 is 4.90 Å². The maximum Gasteiger partial charge on any atom is 0.151 e. The van der Waals surface area contributed by atoms with Crippen molar-refractivity contribution >= 4 is 17.4 Å². The molecule has 0 aliphatic carbocycles. The van der Waals surface area contributed by atoms with E-state index in [1.165, 1.54) is 11.1 Å². The second kappa shape index (κ2) is 7.75. The molecule has 4 heteroatoms. The van der Waals surface area contributed by atoms with Crippen molar-refractivity contribution in [3.63, 3.8) is 0 Å². The molecule has 116 valence electrons. The van der Waals surface area contributed by atoms with Gasteiger partial charge in [0.05, 0.1) is 11.6 Å². The van der Waals surface area contributed by atoms with E-state index in [4.69, 9.17) is 11.6 Å². The highest BCUT2D eigenvalue weighted by Crippen LogP contribution is 2.18. The average molecular weight is 324 g/mol. The third-order valence-corrected chi connectivity index (χ3v) is 3.87. The summed E-state index contributed by atoms with van der Waals surface area (Å²) in [6.45, 7) is 1.56. The van der Waals surface area contributed by atoms with Crippen molar-refractivity contribution in [2.75, 3.05) is 4.90 Å². The summed E-state index contributed by atoms with van der Waals surface area (Å²) in [6, 6.07) is 24.7. The van der Waals surface area contributed by atoms with Gasteiger partial charge in [-0.15, -0.1) is 16.7 Å². The molecule has 0 N–H and O–H groups in total. The summed E-state index contributed by atoms with van der Waals surface area (Å²) in [5.41, 5.74) is 3.27. The Kier molecular flexibility index (Phi) is 5.22. The van der Waals surface area contributed by atoms with Crippen molar-refractivity contribution in [2.45, 2.75) is 19.0 Å². The van der Waals surface area contributed by atoms with Crippen LogP contribution in [0.1, 0.15) is 16.8 Å². The fraction of sp³-hybridized carbons (Fsp3) is 0.158. The maximum atomic E-state index is 5.80. The van der Waals surface area contributed by atoms with Gasteiger partial charge in [-0.3, -0.25) is 0 Å². The number of halogens is 1. The van der Waals surface area contributed by atoms with Crippen molar-refractivity contribution in [1.82, 2.24) is 10.2 Å². The van der Waals surface area contributed by atoms with Gasteiger partial charge in [-0.2, -0.15) is 5.10 Å². The zero-order valence-corrected chi connectivity index (χ0v) is 13.5. The van der Waals surface area contributed by atoms with E-state index in [-0.39, 0.29) is 0 Å². The Hall–Kier alpha value is -2.39. The smallest absolute Gasteiger partial charge is 0.151 e. The number of hydrogen-bond donors (Lipinski definition) is 0. The van der Waals surface area contributed by atoms with E-state index in [2.05, 4.69) is 63.6 Å². The molecule has 3 rings (SSSR count). The van der Waals surface area contributed by atoms with E-state index < -0.39 is 0 Å². The number of alkyl halides is 1. The van der Waals surface area contributed by atoms with Gasteiger partial charge in [-0.1, -0.05) is 60.7 Å². The highest BCUT2D eigenvalue weighted by molar-refractivity contribution is 6.16. The van der Waals surface area contributed by atoms with Crippen LogP contribution in [0.5, 0.6) is 0 Å². The molecule has 0 aliphatic heterocycles. The molecular weight excluding hydrogens is 306 g/mol. The van der Waals surface area contributed by atoms with Crippen LogP contribution in [0, 0.1) is 0 Å². The number of benzene rings is 2. The minimum Gasteiger partial charge on any atom is -0.346 e. The molecule has 0 fully saturated rings. The predicted octanol–water partition coefficient (Wildman–Crippen LogP) is 4.42. The summed E-state index contributed by atoms with van der Waals surface area (Å²) in [7, 11) is 0. The van der Waals surface area contributed by atoms with Crippen molar-refractivity contribution in [3.05, 3.63) is 89.6 Å². The van der Waals surface area contributed by atoms with Crippen molar-refractivity contribution in [3.8, 4) is 0 Å². The molecule has 0 amide bonds. The summed E-state index contributed by atoms with van der Waals surface area (Å²) in [5, 5.41) is 8.51. The first kappa shape index (κ1) is 15.5. The van der Waals surface area contributed by atoms with Gasteiger partial charge in [0.15, 0.2) is 5.82 Å². The fourth-order valence-corrected chi connectivity index (χ4v) is 2.56. The number of hydrogen-bond acceptors (Lipinski definition) is 3. The van der Waals surface area contributed by atoms with Crippen LogP contribution in [0.4, 0.5) is 5.82 Å². The van der Waals surface area contributed by atoms with Gasteiger partial charge in [0.1, 0.15) is 0 Å². The van der Waals surface area contributed by atoms with Crippen molar-refractivity contribution < 1.29 is 0 Å². The van der Waals surface area contributed by atoms with Gasteiger partial charge >= 0.3 is 0 Å². The van der Waals surface area contributed by atoms with Crippen LogP contribution in [0.3, 0.4) is 0 Å². The molecule has 1 heterocycles. The first-order chi connectivity index (χ1) is 11.3. The normalized spacial score (nSPS) is 10.5. The van der Waals surface area contributed by atoms with Crippen LogP contribution in [-0.2, 0) is 19.0 Å². The Bertz CT molecular complexity index is 673. The second-order valence-corrected chi connectivity index (χ2v) is 5.61. The molecule has 0 radical (unpaired) electrons. The lowest BCUT2D eigenvalue weighted by Gasteiger charge is -2.23. The molecule has 2 aromatic carbocycles. The minimum absolute atomic E-state index is 0.380. The molecule has 0 saturated carbocycles. The van der Waals surface area contributed by atoms with E-state index in [1.54, 1.807) is 0 Å². The van der Waals surface area contributed by atoms with E-state index in [1.807, 2.05) is 24.3 Å². The summed E-state index contributed by atoms with van der Waals surface area (Å²) < 4.78 is 0. The van der Waals surface area contributed by atoms with Crippen molar-refractivity contribution in [1.29, 1.82) is 0 Å². The van der Waals surface area contributed by atoms with Gasteiger partial charge in [-0.25, -0.2) is 0 Å². The molecule has 23 heavy (non-hydrogen) atoms. The Balaban J connectivity index is 1.85. The highest BCUT2D eigenvalue weighted by atomic mass is 35.5.